The molecule has 3 N–H and O–H groups in total. The summed E-state index contributed by atoms with van der Waals surface area (Å²) in [5.74, 6) is -0.336. The molecule has 0 bridgehead atoms. The van der Waals surface area contributed by atoms with E-state index in [4.69, 9.17) is 5.73 Å². The van der Waals surface area contributed by atoms with Crippen molar-refractivity contribution in [2.75, 3.05) is 24.2 Å². The smallest absolute Gasteiger partial charge is 0.265 e. The molecule has 5 aromatic rings. The molecule has 3 aromatic heterocycles. The van der Waals surface area contributed by atoms with Gasteiger partial charge in [-0.25, -0.2) is 9.50 Å². The number of hydrogen-bond acceptors (Lipinski definition) is 7. The summed E-state index contributed by atoms with van der Waals surface area (Å²) in [6.45, 7) is 4.48. The monoisotopic (exact) mass is 618 g/mol. The highest BCUT2D eigenvalue weighted by Crippen LogP contribution is 2.45. The van der Waals surface area contributed by atoms with E-state index >= 15 is 0 Å². The molecule has 236 valence electrons. The number of β-lactam (4-membered cyclic amide) rings is 1. The first-order valence-corrected chi connectivity index (χ1v) is 15.7. The molecule has 1 saturated heterocycles. The van der Waals surface area contributed by atoms with Gasteiger partial charge in [-0.2, -0.15) is 0 Å². The third-order valence-electron chi connectivity index (χ3n) is 8.86. The summed E-state index contributed by atoms with van der Waals surface area (Å²) in [4.78, 5) is 52.1. The number of amides is 2. The first kappa shape index (κ1) is 30.7. The molecule has 1 aliphatic heterocycles. The normalized spacial score (nSPS) is 17.1. The topological polar surface area (TPSA) is 140 Å². The first-order chi connectivity index (χ1) is 22.3. The predicted octanol–water partition coefficient (Wildman–Crippen LogP) is 5.11. The molecule has 0 saturated carbocycles. The van der Waals surface area contributed by atoms with Crippen molar-refractivity contribution in [1.29, 1.82) is 0 Å². The van der Waals surface area contributed by atoms with Crippen molar-refractivity contribution < 1.29 is 9.59 Å². The number of carbonyl (C=O) groups is 2. The van der Waals surface area contributed by atoms with Crippen molar-refractivity contribution in [3.05, 3.63) is 94.7 Å². The van der Waals surface area contributed by atoms with E-state index in [-0.39, 0.29) is 22.8 Å². The maximum atomic E-state index is 14.6. The molecular weight excluding hydrogens is 580 g/mol. The van der Waals surface area contributed by atoms with Crippen LogP contribution in [0, 0.1) is 5.41 Å². The van der Waals surface area contributed by atoms with Gasteiger partial charge in [0.2, 0.25) is 5.91 Å². The number of anilines is 2. The van der Waals surface area contributed by atoms with Gasteiger partial charge in [0.1, 0.15) is 5.56 Å². The molecule has 2 atom stereocenters. The number of unbranched alkanes of at least 4 members (excludes halogenated alkanes) is 1. The standard InChI is InChI=1S/C35H38N8O3/c1-4-16-35(17-8-9-18-37-3)22-41(34(35)46)26-15-10-12-24-21-27(43(33(45)28(24)26)25-13-6-5-7-14-25)23(2)39-32(44)29-30(36)40-42-20-11-19-38-31(29)42/h5-7,10-15,18-21,23H,4,8-9,16-17,22H2,1-3H3,(H2,36,40)(H,39,44)/t23-,35?/m0/s1. The number of pyridine rings is 1. The van der Waals surface area contributed by atoms with Gasteiger partial charge in [-0.1, -0.05) is 43.7 Å². The lowest BCUT2D eigenvalue weighted by molar-refractivity contribution is -0.136. The molecule has 1 unspecified atom stereocenters. The van der Waals surface area contributed by atoms with Gasteiger partial charge < -0.3 is 20.9 Å². The molecule has 11 heteroatoms. The van der Waals surface area contributed by atoms with E-state index in [2.05, 4.69) is 27.3 Å². The lowest BCUT2D eigenvalue weighted by Gasteiger charge is -2.49. The second kappa shape index (κ2) is 12.6. The van der Waals surface area contributed by atoms with E-state index in [1.54, 1.807) is 35.0 Å². The summed E-state index contributed by atoms with van der Waals surface area (Å²) < 4.78 is 3.07. The minimum atomic E-state index is -0.610. The fraction of sp³-hybridized carbons (Fsp3) is 0.314. The molecule has 11 nitrogen and oxygen atoms in total. The molecule has 0 aliphatic carbocycles. The van der Waals surface area contributed by atoms with Crippen molar-refractivity contribution in [2.45, 2.75) is 52.0 Å². The van der Waals surface area contributed by atoms with Crippen LogP contribution in [0.1, 0.15) is 68.0 Å². The van der Waals surface area contributed by atoms with Crippen LogP contribution in [0.4, 0.5) is 11.5 Å². The van der Waals surface area contributed by atoms with Crippen LogP contribution >= 0.6 is 0 Å². The maximum Gasteiger partial charge on any atom is 0.265 e. The molecule has 46 heavy (non-hydrogen) atoms. The summed E-state index contributed by atoms with van der Waals surface area (Å²) in [5, 5.41) is 8.36. The predicted molar refractivity (Wildman–Crippen MR) is 181 cm³/mol. The lowest BCUT2D eigenvalue weighted by atomic mass is 9.71. The molecule has 0 radical (unpaired) electrons. The minimum Gasteiger partial charge on any atom is -0.381 e. The van der Waals surface area contributed by atoms with Crippen LogP contribution in [-0.4, -0.2) is 50.8 Å². The third kappa shape index (κ3) is 5.31. The summed E-state index contributed by atoms with van der Waals surface area (Å²) in [5.41, 5.74) is 7.74. The van der Waals surface area contributed by atoms with Gasteiger partial charge in [0.05, 0.1) is 22.5 Å². The molecule has 2 aromatic carbocycles. The van der Waals surface area contributed by atoms with E-state index < -0.39 is 17.4 Å². The summed E-state index contributed by atoms with van der Waals surface area (Å²) >= 11 is 0. The van der Waals surface area contributed by atoms with Gasteiger partial charge in [0.15, 0.2) is 11.5 Å². The molecule has 1 fully saturated rings. The van der Waals surface area contributed by atoms with Crippen LogP contribution in [0.3, 0.4) is 0 Å². The van der Waals surface area contributed by atoms with E-state index in [9.17, 15) is 14.4 Å². The quantitative estimate of drug-likeness (QED) is 0.120. The Bertz CT molecular complexity index is 2020. The van der Waals surface area contributed by atoms with Crippen LogP contribution in [0.25, 0.3) is 22.1 Å². The number of nitrogens with zero attached hydrogens (tertiary/aromatic N) is 6. The Hall–Kier alpha value is -5.32. The first-order valence-electron chi connectivity index (χ1n) is 15.7. The van der Waals surface area contributed by atoms with Gasteiger partial charge >= 0.3 is 0 Å². The minimum absolute atomic E-state index is 0.0591. The van der Waals surface area contributed by atoms with Gasteiger partial charge in [-0.15, -0.1) is 5.10 Å². The third-order valence-corrected chi connectivity index (χ3v) is 8.86. The van der Waals surface area contributed by atoms with Crippen molar-refractivity contribution in [2.24, 2.45) is 10.4 Å². The van der Waals surface area contributed by atoms with Crippen LogP contribution in [0.5, 0.6) is 0 Å². The number of benzene rings is 2. The van der Waals surface area contributed by atoms with E-state index in [0.717, 1.165) is 32.1 Å². The van der Waals surface area contributed by atoms with Crippen LogP contribution < -0.4 is 21.5 Å². The number of carbonyl (C=O) groups excluding carboxylic acids is 2. The highest BCUT2D eigenvalue weighted by molar-refractivity contribution is 6.10. The Balaban J connectivity index is 1.40. The zero-order valence-electron chi connectivity index (χ0n) is 26.3. The van der Waals surface area contributed by atoms with Crippen LogP contribution in [-0.2, 0) is 4.79 Å². The number of rotatable bonds is 11. The van der Waals surface area contributed by atoms with Gasteiger partial charge in [-0.3, -0.25) is 19.0 Å². The summed E-state index contributed by atoms with van der Waals surface area (Å²) in [6.07, 6.45) is 9.35. The van der Waals surface area contributed by atoms with Crippen molar-refractivity contribution >= 4 is 46.0 Å². The molecule has 1 aliphatic rings. The van der Waals surface area contributed by atoms with E-state index in [1.165, 1.54) is 4.52 Å². The number of aromatic nitrogens is 4. The van der Waals surface area contributed by atoms with Gasteiger partial charge in [0, 0.05) is 37.4 Å². The van der Waals surface area contributed by atoms with Crippen molar-refractivity contribution in [3.8, 4) is 5.69 Å². The average Bonchev–Trinajstić information content (AvgIpc) is 3.40. The molecule has 0 spiro atoms. The van der Waals surface area contributed by atoms with Gasteiger partial charge in [0.25, 0.3) is 11.5 Å². The Labute approximate surface area is 266 Å². The molecule has 4 heterocycles. The molecular formula is C35H38N8O3. The van der Waals surface area contributed by atoms with Crippen LogP contribution in [0.2, 0.25) is 0 Å². The Morgan fingerprint density at radius 1 is 1.13 bits per heavy atom. The second-order valence-corrected chi connectivity index (χ2v) is 11.9. The molecule has 6 rings (SSSR count). The number of nitrogens with one attached hydrogen (secondary N) is 1. The Kier molecular flexibility index (Phi) is 8.40. The largest absolute Gasteiger partial charge is 0.381 e. The lowest BCUT2D eigenvalue weighted by Crippen LogP contribution is -2.62. The van der Waals surface area contributed by atoms with E-state index in [0.29, 0.717) is 40.0 Å². The summed E-state index contributed by atoms with van der Waals surface area (Å²) in [6, 6.07) is 17.9. The fourth-order valence-corrected chi connectivity index (χ4v) is 6.68. The highest BCUT2D eigenvalue weighted by Gasteiger charge is 2.51. The van der Waals surface area contributed by atoms with E-state index in [1.807, 2.05) is 67.7 Å². The zero-order valence-corrected chi connectivity index (χ0v) is 26.3. The van der Waals surface area contributed by atoms with Crippen molar-refractivity contribution in [1.82, 2.24) is 24.5 Å². The number of nitrogens with two attached hydrogens (primary N) is 1. The zero-order chi connectivity index (χ0) is 32.4. The number of nitrogen functional groups attached to an aromatic ring is 1. The van der Waals surface area contributed by atoms with Crippen LogP contribution in [0.15, 0.2) is 82.8 Å². The Morgan fingerprint density at radius 3 is 2.67 bits per heavy atom. The highest BCUT2D eigenvalue weighted by atomic mass is 16.2. The summed E-state index contributed by atoms with van der Waals surface area (Å²) in [7, 11) is 1.76. The number of hydrogen-bond donors (Lipinski definition) is 2. The Morgan fingerprint density at radius 2 is 1.93 bits per heavy atom. The van der Waals surface area contributed by atoms with Crippen molar-refractivity contribution in [3.63, 3.8) is 0 Å². The SMILES string of the molecule is CCCC1(CCCC=NC)CN(c2cccc3cc([C@H](C)NC(=O)c4c(N)nn5cccnc45)n(-c4ccccc4)c(=O)c23)C1=O. The fourth-order valence-electron chi connectivity index (χ4n) is 6.68. The molecule has 2 amide bonds. The number of aliphatic imine (C=N–C) groups is 1. The average molecular weight is 619 g/mol. The second-order valence-electron chi connectivity index (χ2n) is 11.9. The number of para-hydroxylation sites is 1. The van der Waals surface area contributed by atoms with Gasteiger partial charge in [-0.05, 0) is 74.5 Å². The maximum absolute atomic E-state index is 14.6. The number of fused-ring (bicyclic) bond motifs is 2.